The van der Waals surface area contributed by atoms with Gasteiger partial charge in [0.25, 0.3) is 0 Å². The van der Waals surface area contributed by atoms with Gasteiger partial charge in [-0.3, -0.25) is 0 Å². The summed E-state index contributed by atoms with van der Waals surface area (Å²) in [6.07, 6.45) is 1.56. The summed E-state index contributed by atoms with van der Waals surface area (Å²) < 4.78 is 15.0. The molecule has 0 radical (unpaired) electrons. The van der Waals surface area contributed by atoms with Crippen LogP contribution >= 0.6 is 0 Å². The number of carbonyl (C=O) groups is 1. The number of methoxy groups -OCH3 is 3. The summed E-state index contributed by atoms with van der Waals surface area (Å²) in [5.41, 5.74) is 0.962. The molecular weight excluding hydrogens is 208 g/mol. The van der Waals surface area contributed by atoms with Crippen LogP contribution in [0.2, 0.25) is 0 Å². The van der Waals surface area contributed by atoms with Gasteiger partial charge in [0.15, 0.2) is 11.5 Å². The predicted octanol–water partition coefficient (Wildman–Crippen LogP) is 2.13. The van der Waals surface area contributed by atoms with Crippen LogP contribution in [0.5, 0.6) is 11.5 Å². The SMILES string of the molecule is C=Cc1ccc(OC)c(OC)c1C(=O)OC. The Balaban J connectivity index is 3.48. The van der Waals surface area contributed by atoms with Gasteiger partial charge in [-0.2, -0.15) is 0 Å². The number of esters is 1. The van der Waals surface area contributed by atoms with Gasteiger partial charge in [-0.15, -0.1) is 0 Å². The van der Waals surface area contributed by atoms with Gasteiger partial charge in [0.1, 0.15) is 5.56 Å². The zero-order valence-corrected chi connectivity index (χ0v) is 9.57. The van der Waals surface area contributed by atoms with E-state index in [1.807, 2.05) is 0 Å². The highest BCUT2D eigenvalue weighted by Crippen LogP contribution is 2.34. The molecule has 4 nitrogen and oxygen atoms in total. The molecule has 0 amide bonds. The van der Waals surface area contributed by atoms with Gasteiger partial charge in [0.2, 0.25) is 0 Å². The second kappa shape index (κ2) is 5.21. The molecule has 0 heterocycles. The smallest absolute Gasteiger partial charge is 0.342 e. The Labute approximate surface area is 94.4 Å². The maximum absolute atomic E-state index is 11.6. The normalized spacial score (nSPS) is 9.44. The van der Waals surface area contributed by atoms with Crippen molar-refractivity contribution in [2.45, 2.75) is 0 Å². The lowest BCUT2D eigenvalue weighted by Crippen LogP contribution is -2.07. The Bertz CT molecular complexity index is 410. The van der Waals surface area contributed by atoms with Crippen molar-refractivity contribution in [3.63, 3.8) is 0 Å². The maximum Gasteiger partial charge on any atom is 0.342 e. The largest absolute Gasteiger partial charge is 0.493 e. The summed E-state index contributed by atoms with van der Waals surface area (Å²) in [5, 5.41) is 0. The molecule has 16 heavy (non-hydrogen) atoms. The molecule has 1 aromatic rings. The number of hydrogen-bond donors (Lipinski definition) is 0. The summed E-state index contributed by atoms with van der Waals surface area (Å²) in [4.78, 5) is 11.6. The molecule has 0 N–H and O–H groups in total. The third kappa shape index (κ3) is 2.00. The van der Waals surface area contributed by atoms with E-state index in [1.165, 1.54) is 21.3 Å². The lowest BCUT2D eigenvalue weighted by atomic mass is 10.1. The Morgan fingerprint density at radius 3 is 2.38 bits per heavy atom. The molecule has 1 aromatic carbocycles. The lowest BCUT2D eigenvalue weighted by molar-refractivity contribution is 0.0596. The van der Waals surface area contributed by atoms with Crippen molar-refractivity contribution in [1.82, 2.24) is 0 Å². The van der Waals surface area contributed by atoms with E-state index in [-0.39, 0.29) is 0 Å². The fourth-order valence-electron chi connectivity index (χ4n) is 1.42. The highest BCUT2D eigenvalue weighted by Gasteiger charge is 2.20. The summed E-state index contributed by atoms with van der Waals surface area (Å²) >= 11 is 0. The van der Waals surface area contributed by atoms with E-state index in [0.29, 0.717) is 22.6 Å². The Kier molecular flexibility index (Phi) is 3.94. The average Bonchev–Trinajstić information content (AvgIpc) is 2.35. The van der Waals surface area contributed by atoms with Gasteiger partial charge < -0.3 is 14.2 Å². The third-order valence-corrected chi connectivity index (χ3v) is 2.19. The molecule has 0 saturated carbocycles. The number of hydrogen-bond acceptors (Lipinski definition) is 4. The summed E-state index contributed by atoms with van der Waals surface area (Å²) in [5.74, 6) is 0.353. The zero-order valence-electron chi connectivity index (χ0n) is 9.57. The molecule has 86 valence electrons. The summed E-state index contributed by atoms with van der Waals surface area (Å²) in [6.45, 7) is 3.64. The van der Waals surface area contributed by atoms with Crippen LogP contribution < -0.4 is 9.47 Å². The van der Waals surface area contributed by atoms with Gasteiger partial charge >= 0.3 is 5.97 Å². The van der Waals surface area contributed by atoms with Gasteiger partial charge in [-0.1, -0.05) is 18.7 Å². The monoisotopic (exact) mass is 222 g/mol. The second-order valence-electron chi connectivity index (χ2n) is 2.96. The molecule has 0 aliphatic heterocycles. The van der Waals surface area contributed by atoms with E-state index in [4.69, 9.17) is 14.2 Å². The van der Waals surface area contributed by atoms with E-state index in [9.17, 15) is 4.79 Å². The second-order valence-corrected chi connectivity index (χ2v) is 2.96. The minimum Gasteiger partial charge on any atom is -0.493 e. The lowest BCUT2D eigenvalue weighted by Gasteiger charge is -2.13. The Morgan fingerprint density at radius 2 is 1.94 bits per heavy atom. The van der Waals surface area contributed by atoms with E-state index in [1.54, 1.807) is 18.2 Å². The first kappa shape index (κ1) is 12.1. The van der Waals surface area contributed by atoms with Crippen LogP contribution in [0.4, 0.5) is 0 Å². The predicted molar refractivity (Wildman–Crippen MR) is 61.0 cm³/mol. The molecule has 0 atom stereocenters. The van der Waals surface area contributed by atoms with E-state index in [2.05, 4.69) is 6.58 Å². The Hall–Kier alpha value is -1.97. The highest BCUT2D eigenvalue weighted by molar-refractivity contribution is 5.97. The topological polar surface area (TPSA) is 44.8 Å². The first-order valence-electron chi connectivity index (χ1n) is 4.65. The summed E-state index contributed by atoms with van der Waals surface area (Å²) in [7, 11) is 4.29. The van der Waals surface area contributed by atoms with Crippen molar-refractivity contribution in [3.05, 3.63) is 29.8 Å². The molecule has 0 spiro atoms. The van der Waals surface area contributed by atoms with E-state index < -0.39 is 5.97 Å². The van der Waals surface area contributed by atoms with Crippen molar-refractivity contribution >= 4 is 12.0 Å². The van der Waals surface area contributed by atoms with E-state index in [0.717, 1.165) is 0 Å². The number of benzene rings is 1. The van der Waals surface area contributed by atoms with Gasteiger partial charge in [0, 0.05) is 0 Å². The number of ether oxygens (including phenoxy) is 3. The molecule has 4 heteroatoms. The zero-order chi connectivity index (χ0) is 12.1. The molecule has 0 saturated heterocycles. The van der Waals surface area contributed by atoms with E-state index >= 15 is 0 Å². The van der Waals surface area contributed by atoms with Crippen LogP contribution in [0.1, 0.15) is 15.9 Å². The van der Waals surface area contributed by atoms with Crippen molar-refractivity contribution in [1.29, 1.82) is 0 Å². The maximum atomic E-state index is 11.6. The van der Waals surface area contributed by atoms with Gasteiger partial charge in [-0.05, 0) is 11.6 Å². The minimum atomic E-state index is -0.481. The fraction of sp³-hybridized carbons (Fsp3) is 0.250. The summed E-state index contributed by atoms with van der Waals surface area (Å²) in [6, 6.07) is 3.43. The van der Waals surface area contributed by atoms with Gasteiger partial charge in [0.05, 0.1) is 21.3 Å². The molecule has 0 unspecified atom stereocenters. The third-order valence-electron chi connectivity index (χ3n) is 2.19. The van der Waals surface area contributed by atoms with Crippen LogP contribution in [0.25, 0.3) is 6.08 Å². The first-order valence-corrected chi connectivity index (χ1v) is 4.65. The number of rotatable bonds is 4. The molecule has 0 bridgehead atoms. The minimum absolute atomic E-state index is 0.319. The van der Waals surface area contributed by atoms with Crippen molar-refractivity contribution in [2.24, 2.45) is 0 Å². The average molecular weight is 222 g/mol. The van der Waals surface area contributed by atoms with Gasteiger partial charge in [-0.25, -0.2) is 4.79 Å². The number of carbonyl (C=O) groups excluding carboxylic acids is 1. The van der Waals surface area contributed by atoms with Crippen LogP contribution in [0, 0.1) is 0 Å². The molecule has 0 aliphatic carbocycles. The highest BCUT2D eigenvalue weighted by atomic mass is 16.5. The van der Waals surface area contributed by atoms with Crippen LogP contribution in [0.3, 0.4) is 0 Å². The Morgan fingerprint density at radius 1 is 1.25 bits per heavy atom. The first-order chi connectivity index (χ1) is 7.69. The van der Waals surface area contributed by atoms with Crippen molar-refractivity contribution in [2.75, 3.05) is 21.3 Å². The van der Waals surface area contributed by atoms with Crippen LogP contribution in [-0.4, -0.2) is 27.3 Å². The van der Waals surface area contributed by atoms with Crippen LogP contribution in [-0.2, 0) is 4.74 Å². The molecular formula is C12H14O4. The van der Waals surface area contributed by atoms with Crippen molar-refractivity contribution < 1.29 is 19.0 Å². The molecule has 0 aromatic heterocycles. The fourth-order valence-corrected chi connectivity index (χ4v) is 1.42. The molecule has 1 rings (SSSR count). The molecule has 0 aliphatic rings. The van der Waals surface area contributed by atoms with Crippen molar-refractivity contribution in [3.8, 4) is 11.5 Å². The van der Waals surface area contributed by atoms with Crippen LogP contribution in [0.15, 0.2) is 18.7 Å². The standard InChI is InChI=1S/C12H14O4/c1-5-8-6-7-9(14-2)11(15-3)10(8)12(13)16-4/h5-7H,1H2,2-4H3. The molecule has 0 fully saturated rings. The quantitative estimate of drug-likeness (QED) is 0.732.